The zero-order chi connectivity index (χ0) is 14.5. The fourth-order valence-corrected chi connectivity index (χ4v) is 1.57. The third kappa shape index (κ3) is 2.94. The van der Waals surface area contributed by atoms with Crippen LogP contribution in [0, 0.1) is 0 Å². The number of hydrogen-bond acceptors (Lipinski definition) is 5. The van der Waals surface area contributed by atoms with E-state index in [1.165, 1.54) is 6.20 Å². The fraction of sp³-hybridized carbons (Fsp3) is 0.154. The number of ether oxygens (including phenoxy) is 1. The number of nitrogens with two attached hydrogens (primary N) is 1. The van der Waals surface area contributed by atoms with Gasteiger partial charge in [0.15, 0.2) is 0 Å². The van der Waals surface area contributed by atoms with Gasteiger partial charge in [0.2, 0.25) is 0 Å². The first kappa shape index (κ1) is 13.6. The Morgan fingerprint density at radius 3 is 2.60 bits per heavy atom. The Hall–Kier alpha value is -2.83. The molecule has 0 bridgehead atoms. The van der Waals surface area contributed by atoms with Crippen LogP contribution in [-0.2, 0) is 4.74 Å². The van der Waals surface area contributed by atoms with E-state index in [2.05, 4.69) is 15.5 Å². The number of carbonyl (C=O) groups excluding carboxylic acids is 2. The van der Waals surface area contributed by atoms with Gasteiger partial charge in [-0.15, -0.1) is 0 Å². The molecule has 0 radical (unpaired) electrons. The van der Waals surface area contributed by atoms with E-state index in [9.17, 15) is 9.59 Å². The van der Waals surface area contributed by atoms with Crippen LogP contribution < -0.4 is 11.1 Å². The highest BCUT2D eigenvalue weighted by Gasteiger charge is 2.12. The first-order valence-electron chi connectivity index (χ1n) is 5.99. The minimum atomic E-state index is -0.400. The standard InChI is InChI=1S/C13H14N4O3/c1-2-20-13(19)8-3-5-9(6-4-8)16-12(18)11-10(14)7-15-17-11/h3-7H,2,14H2,1H3,(H,15,17)(H,16,18). The van der Waals surface area contributed by atoms with E-state index in [0.717, 1.165) is 0 Å². The van der Waals surface area contributed by atoms with Crippen LogP contribution in [0.5, 0.6) is 0 Å². The summed E-state index contributed by atoms with van der Waals surface area (Å²) >= 11 is 0. The molecule has 0 aliphatic rings. The molecule has 1 amide bonds. The van der Waals surface area contributed by atoms with Gasteiger partial charge in [0.05, 0.1) is 24.1 Å². The molecule has 1 aromatic heterocycles. The van der Waals surface area contributed by atoms with Gasteiger partial charge in [-0.2, -0.15) is 5.10 Å². The van der Waals surface area contributed by atoms with Gasteiger partial charge in [0.25, 0.3) is 5.91 Å². The molecule has 2 rings (SSSR count). The van der Waals surface area contributed by atoms with Gasteiger partial charge in [-0.3, -0.25) is 9.89 Å². The summed E-state index contributed by atoms with van der Waals surface area (Å²) in [5.41, 5.74) is 7.00. The number of nitrogens with one attached hydrogen (secondary N) is 2. The molecule has 1 aromatic carbocycles. The van der Waals surface area contributed by atoms with Crippen LogP contribution in [0.2, 0.25) is 0 Å². The van der Waals surface area contributed by atoms with Gasteiger partial charge in [-0.05, 0) is 31.2 Å². The summed E-state index contributed by atoms with van der Waals surface area (Å²) < 4.78 is 4.87. The molecule has 1 heterocycles. The van der Waals surface area contributed by atoms with Crippen LogP contribution in [0.3, 0.4) is 0 Å². The predicted octanol–water partition coefficient (Wildman–Crippen LogP) is 1.42. The van der Waals surface area contributed by atoms with E-state index < -0.39 is 11.9 Å². The molecule has 0 spiro atoms. The first-order chi connectivity index (χ1) is 9.61. The topological polar surface area (TPSA) is 110 Å². The molecule has 0 saturated carbocycles. The summed E-state index contributed by atoms with van der Waals surface area (Å²) in [5, 5.41) is 8.82. The lowest BCUT2D eigenvalue weighted by molar-refractivity contribution is 0.0526. The Balaban J connectivity index is 2.06. The SMILES string of the molecule is CCOC(=O)c1ccc(NC(=O)c2[nH]ncc2N)cc1. The molecule has 0 saturated heterocycles. The number of benzene rings is 1. The maximum absolute atomic E-state index is 11.9. The van der Waals surface area contributed by atoms with Crippen molar-refractivity contribution in [2.75, 3.05) is 17.7 Å². The Labute approximate surface area is 115 Å². The minimum Gasteiger partial charge on any atom is -0.462 e. The number of aromatic amines is 1. The lowest BCUT2D eigenvalue weighted by Gasteiger charge is -2.06. The van der Waals surface area contributed by atoms with Gasteiger partial charge in [-0.1, -0.05) is 0 Å². The van der Waals surface area contributed by atoms with Crippen LogP contribution in [-0.4, -0.2) is 28.7 Å². The minimum absolute atomic E-state index is 0.194. The molecule has 0 aliphatic carbocycles. The average Bonchev–Trinajstić information content (AvgIpc) is 2.86. The lowest BCUT2D eigenvalue weighted by atomic mass is 10.2. The predicted molar refractivity (Wildman–Crippen MR) is 73.4 cm³/mol. The van der Waals surface area contributed by atoms with E-state index in [-0.39, 0.29) is 11.4 Å². The number of rotatable bonds is 4. The number of aromatic nitrogens is 2. The molecular weight excluding hydrogens is 260 g/mol. The van der Waals surface area contributed by atoms with Crippen LogP contribution in [0.15, 0.2) is 30.5 Å². The van der Waals surface area contributed by atoms with Crippen molar-refractivity contribution in [2.45, 2.75) is 6.92 Å². The molecule has 104 valence electrons. The number of esters is 1. The van der Waals surface area contributed by atoms with Gasteiger partial charge in [0.1, 0.15) is 5.69 Å². The maximum atomic E-state index is 11.9. The summed E-state index contributed by atoms with van der Waals surface area (Å²) in [7, 11) is 0. The molecule has 7 heteroatoms. The Morgan fingerprint density at radius 1 is 1.35 bits per heavy atom. The molecule has 0 fully saturated rings. The van der Waals surface area contributed by atoms with Crippen molar-refractivity contribution in [3.63, 3.8) is 0 Å². The Bertz CT molecular complexity index is 619. The number of hydrogen-bond donors (Lipinski definition) is 3. The molecular formula is C13H14N4O3. The van der Waals surface area contributed by atoms with Crippen molar-refractivity contribution in [3.8, 4) is 0 Å². The third-order valence-corrected chi connectivity index (χ3v) is 2.55. The Morgan fingerprint density at radius 2 is 2.05 bits per heavy atom. The zero-order valence-corrected chi connectivity index (χ0v) is 10.8. The second-order valence-electron chi connectivity index (χ2n) is 3.95. The second-order valence-corrected chi connectivity index (χ2v) is 3.95. The molecule has 7 nitrogen and oxygen atoms in total. The number of H-pyrrole nitrogens is 1. The summed E-state index contributed by atoms with van der Waals surface area (Å²) in [6.45, 7) is 2.05. The van der Waals surface area contributed by atoms with E-state index in [4.69, 9.17) is 10.5 Å². The normalized spacial score (nSPS) is 10.1. The summed E-state index contributed by atoms with van der Waals surface area (Å²) in [6.07, 6.45) is 1.36. The van der Waals surface area contributed by atoms with Crippen molar-refractivity contribution < 1.29 is 14.3 Å². The van der Waals surface area contributed by atoms with Crippen LogP contribution in [0.25, 0.3) is 0 Å². The van der Waals surface area contributed by atoms with Crippen molar-refractivity contribution in [2.24, 2.45) is 0 Å². The largest absolute Gasteiger partial charge is 0.462 e. The summed E-state index contributed by atoms with van der Waals surface area (Å²) in [5.74, 6) is -0.799. The highest BCUT2D eigenvalue weighted by atomic mass is 16.5. The number of nitrogen functional groups attached to an aromatic ring is 1. The average molecular weight is 274 g/mol. The Kier molecular flexibility index (Phi) is 3.99. The maximum Gasteiger partial charge on any atom is 0.338 e. The number of nitrogens with zero attached hydrogens (tertiary/aromatic N) is 1. The molecule has 0 unspecified atom stereocenters. The zero-order valence-electron chi connectivity index (χ0n) is 10.8. The number of anilines is 2. The summed E-state index contributed by atoms with van der Waals surface area (Å²) in [6, 6.07) is 6.36. The highest BCUT2D eigenvalue weighted by molar-refractivity contribution is 6.06. The smallest absolute Gasteiger partial charge is 0.338 e. The van der Waals surface area contributed by atoms with Gasteiger partial charge in [-0.25, -0.2) is 4.79 Å². The van der Waals surface area contributed by atoms with E-state index in [1.807, 2.05) is 0 Å². The second kappa shape index (κ2) is 5.87. The highest BCUT2D eigenvalue weighted by Crippen LogP contribution is 2.13. The molecule has 2 aromatic rings. The van der Waals surface area contributed by atoms with Crippen LogP contribution in [0.1, 0.15) is 27.8 Å². The monoisotopic (exact) mass is 274 g/mol. The third-order valence-electron chi connectivity index (χ3n) is 2.55. The molecule has 0 atom stereocenters. The van der Waals surface area contributed by atoms with Crippen LogP contribution >= 0.6 is 0 Å². The molecule has 4 N–H and O–H groups in total. The number of amides is 1. The van der Waals surface area contributed by atoms with Crippen molar-refractivity contribution in [1.29, 1.82) is 0 Å². The van der Waals surface area contributed by atoms with Gasteiger partial charge >= 0.3 is 5.97 Å². The quantitative estimate of drug-likeness (QED) is 0.730. The van der Waals surface area contributed by atoms with Crippen molar-refractivity contribution >= 4 is 23.3 Å². The van der Waals surface area contributed by atoms with Gasteiger partial charge in [0, 0.05) is 5.69 Å². The molecule has 0 aliphatic heterocycles. The first-order valence-corrected chi connectivity index (χ1v) is 5.99. The van der Waals surface area contributed by atoms with E-state index in [0.29, 0.717) is 17.9 Å². The lowest BCUT2D eigenvalue weighted by Crippen LogP contribution is -2.14. The van der Waals surface area contributed by atoms with E-state index in [1.54, 1.807) is 31.2 Å². The summed E-state index contributed by atoms with van der Waals surface area (Å²) in [4.78, 5) is 23.3. The van der Waals surface area contributed by atoms with Crippen molar-refractivity contribution in [3.05, 3.63) is 41.7 Å². The van der Waals surface area contributed by atoms with Gasteiger partial charge < -0.3 is 15.8 Å². The molecule has 20 heavy (non-hydrogen) atoms. The van der Waals surface area contributed by atoms with Crippen molar-refractivity contribution in [1.82, 2.24) is 10.2 Å². The van der Waals surface area contributed by atoms with E-state index >= 15 is 0 Å². The fourth-order valence-electron chi connectivity index (χ4n) is 1.57. The number of carbonyl (C=O) groups is 2. The van der Waals surface area contributed by atoms with Crippen LogP contribution in [0.4, 0.5) is 11.4 Å².